The van der Waals surface area contributed by atoms with Crippen LogP contribution in [0.15, 0.2) is 12.4 Å². The Morgan fingerprint density at radius 2 is 2.18 bits per heavy atom. The van der Waals surface area contributed by atoms with Gasteiger partial charge in [-0.25, -0.2) is 9.97 Å². The average molecular weight is 234 g/mol. The number of anilines is 1. The summed E-state index contributed by atoms with van der Waals surface area (Å²) in [5.74, 6) is 0.865. The van der Waals surface area contributed by atoms with Gasteiger partial charge in [0.1, 0.15) is 0 Å². The van der Waals surface area contributed by atoms with Crippen molar-refractivity contribution in [3.8, 4) is 0 Å². The van der Waals surface area contributed by atoms with Gasteiger partial charge in [-0.3, -0.25) is 0 Å². The molecular weight excluding hydrogens is 212 g/mol. The van der Waals surface area contributed by atoms with E-state index in [1.165, 1.54) is 12.8 Å². The lowest BCUT2D eigenvalue weighted by atomic mass is 10.1. The van der Waals surface area contributed by atoms with Crippen molar-refractivity contribution in [3.05, 3.63) is 18.0 Å². The number of nitrogens with zero attached hydrogens (tertiary/aromatic N) is 3. The molecule has 1 saturated heterocycles. The lowest BCUT2D eigenvalue weighted by molar-refractivity contribution is 0.642. The van der Waals surface area contributed by atoms with E-state index in [0.717, 1.165) is 30.9 Å². The molecule has 1 aliphatic heterocycles. The standard InChI is InChI=1S/C13H22N4/c1-3-12(14)7-11-8-15-13(16-9-11)17-6-4-5-10(17)2/h8-10,12H,3-7,14H2,1-2H3. The Labute approximate surface area is 103 Å². The lowest BCUT2D eigenvalue weighted by Gasteiger charge is -2.21. The first kappa shape index (κ1) is 12.3. The maximum atomic E-state index is 5.92. The third-order valence-corrected chi connectivity index (χ3v) is 3.52. The summed E-state index contributed by atoms with van der Waals surface area (Å²) in [6.45, 7) is 5.41. The summed E-state index contributed by atoms with van der Waals surface area (Å²) in [5, 5.41) is 0. The first-order valence-corrected chi connectivity index (χ1v) is 6.54. The summed E-state index contributed by atoms with van der Waals surface area (Å²) in [6.07, 6.45) is 8.18. The van der Waals surface area contributed by atoms with Gasteiger partial charge in [0.15, 0.2) is 0 Å². The van der Waals surface area contributed by atoms with Gasteiger partial charge >= 0.3 is 0 Å². The van der Waals surface area contributed by atoms with Crippen LogP contribution in [0.25, 0.3) is 0 Å². The first-order chi connectivity index (χ1) is 8.20. The van der Waals surface area contributed by atoms with Gasteiger partial charge in [0, 0.05) is 31.0 Å². The molecule has 1 aliphatic rings. The topological polar surface area (TPSA) is 55.0 Å². The van der Waals surface area contributed by atoms with Crippen LogP contribution < -0.4 is 10.6 Å². The van der Waals surface area contributed by atoms with Crippen molar-refractivity contribution in [1.82, 2.24) is 9.97 Å². The zero-order valence-electron chi connectivity index (χ0n) is 10.8. The summed E-state index contributed by atoms with van der Waals surface area (Å²) >= 11 is 0. The minimum Gasteiger partial charge on any atom is -0.338 e. The third-order valence-electron chi connectivity index (χ3n) is 3.52. The van der Waals surface area contributed by atoms with Crippen molar-refractivity contribution in [1.29, 1.82) is 0 Å². The molecule has 94 valence electrons. The van der Waals surface area contributed by atoms with Crippen LogP contribution in [0.2, 0.25) is 0 Å². The van der Waals surface area contributed by atoms with Gasteiger partial charge in [0.05, 0.1) is 0 Å². The van der Waals surface area contributed by atoms with Crippen molar-refractivity contribution < 1.29 is 0 Å². The van der Waals surface area contributed by atoms with Gasteiger partial charge in [0.2, 0.25) is 5.95 Å². The predicted molar refractivity (Wildman–Crippen MR) is 70.0 cm³/mol. The maximum absolute atomic E-state index is 5.92. The second-order valence-corrected chi connectivity index (χ2v) is 4.95. The third kappa shape index (κ3) is 2.94. The predicted octanol–water partition coefficient (Wildman–Crippen LogP) is 1.75. The molecule has 2 unspecified atom stereocenters. The van der Waals surface area contributed by atoms with E-state index < -0.39 is 0 Å². The SMILES string of the molecule is CCC(N)Cc1cnc(N2CCCC2C)nc1. The van der Waals surface area contributed by atoms with Gasteiger partial charge in [-0.2, -0.15) is 0 Å². The molecule has 2 atom stereocenters. The number of hydrogen-bond acceptors (Lipinski definition) is 4. The zero-order valence-corrected chi connectivity index (χ0v) is 10.8. The summed E-state index contributed by atoms with van der Waals surface area (Å²) in [4.78, 5) is 11.2. The molecule has 0 radical (unpaired) electrons. The quantitative estimate of drug-likeness (QED) is 0.862. The Morgan fingerprint density at radius 3 is 2.71 bits per heavy atom. The summed E-state index contributed by atoms with van der Waals surface area (Å²) in [5.41, 5.74) is 7.06. The number of nitrogens with two attached hydrogens (primary N) is 1. The van der Waals surface area contributed by atoms with E-state index in [2.05, 4.69) is 28.7 Å². The molecule has 0 bridgehead atoms. The van der Waals surface area contributed by atoms with E-state index in [-0.39, 0.29) is 6.04 Å². The second-order valence-electron chi connectivity index (χ2n) is 4.95. The van der Waals surface area contributed by atoms with Gasteiger partial charge in [0.25, 0.3) is 0 Å². The highest BCUT2D eigenvalue weighted by Crippen LogP contribution is 2.21. The zero-order chi connectivity index (χ0) is 12.3. The fourth-order valence-corrected chi connectivity index (χ4v) is 2.28. The second kappa shape index (κ2) is 5.45. The van der Waals surface area contributed by atoms with Crippen LogP contribution in [0.5, 0.6) is 0 Å². The largest absolute Gasteiger partial charge is 0.338 e. The van der Waals surface area contributed by atoms with Crippen molar-refractivity contribution in [3.63, 3.8) is 0 Å². The van der Waals surface area contributed by atoms with Crippen molar-refractivity contribution in [2.75, 3.05) is 11.4 Å². The molecule has 0 aliphatic carbocycles. The van der Waals surface area contributed by atoms with E-state index in [1.807, 2.05) is 12.4 Å². The monoisotopic (exact) mass is 234 g/mol. The van der Waals surface area contributed by atoms with Crippen LogP contribution in [-0.2, 0) is 6.42 Å². The van der Waals surface area contributed by atoms with Crippen LogP contribution in [-0.4, -0.2) is 28.6 Å². The highest BCUT2D eigenvalue weighted by molar-refractivity contribution is 5.33. The molecule has 1 fully saturated rings. The minimum atomic E-state index is 0.218. The fourth-order valence-electron chi connectivity index (χ4n) is 2.28. The molecule has 2 rings (SSSR count). The Morgan fingerprint density at radius 1 is 1.47 bits per heavy atom. The first-order valence-electron chi connectivity index (χ1n) is 6.54. The Bertz CT molecular complexity index is 349. The van der Waals surface area contributed by atoms with Crippen LogP contribution in [0, 0.1) is 0 Å². The number of rotatable bonds is 4. The van der Waals surface area contributed by atoms with E-state index in [4.69, 9.17) is 5.73 Å². The average Bonchev–Trinajstić information content (AvgIpc) is 2.76. The highest BCUT2D eigenvalue weighted by Gasteiger charge is 2.22. The molecule has 0 amide bonds. The van der Waals surface area contributed by atoms with Gasteiger partial charge in [-0.1, -0.05) is 6.92 Å². The van der Waals surface area contributed by atoms with Crippen molar-refractivity contribution in [2.24, 2.45) is 5.73 Å². The van der Waals surface area contributed by atoms with Crippen molar-refractivity contribution >= 4 is 5.95 Å². The molecule has 0 spiro atoms. The molecule has 0 aromatic carbocycles. The molecule has 1 aromatic heterocycles. The summed E-state index contributed by atoms with van der Waals surface area (Å²) < 4.78 is 0. The number of hydrogen-bond donors (Lipinski definition) is 1. The Balaban J connectivity index is 2.02. The van der Waals surface area contributed by atoms with Crippen molar-refractivity contribution in [2.45, 2.75) is 51.6 Å². The maximum Gasteiger partial charge on any atom is 0.225 e. The lowest BCUT2D eigenvalue weighted by Crippen LogP contribution is -2.28. The van der Waals surface area contributed by atoms with Gasteiger partial charge in [-0.15, -0.1) is 0 Å². The van der Waals surface area contributed by atoms with Gasteiger partial charge < -0.3 is 10.6 Å². The molecule has 4 heteroatoms. The fraction of sp³-hybridized carbons (Fsp3) is 0.692. The molecule has 0 saturated carbocycles. The summed E-state index contributed by atoms with van der Waals surface area (Å²) in [6, 6.07) is 0.786. The van der Waals surface area contributed by atoms with E-state index >= 15 is 0 Å². The van der Waals surface area contributed by atoms with Crippen LogP contribution in [0.1, 0.15) is 38.7 Å². The highest BCUT2D eigenvalue weighted by atomic mass is 15.3. The molecule has 2 heterocycles. The minimum absolute atomic E-state index is 0.218. The normalized spacial score (nSPS) is 21.8. The molecule has 1 aromatic rings. The number of aromatic nitrogens is 2. The van der Waals surface area contributed by atoms with E-state index in [0.29, 0.717) is 6.04 Å². The molecule has 2 N–H and O–H groups in total. The molecule has 17 heavy (non-hydrogen) atoms. The Hall–Kier alpha value is -1.16. The van der Waals surface area contributed by atoms with Crippen LogP contribution >= 0.6 is 0 Å². The van der Waals surface area contributed by atoms with Crippen LogP contribution in [0.4, 0.5) is 5.95 Å². The smallest absolute Gasteiger partial charge is 0.225 e. The Kier molecular flexibility index (Phi) is 3.94. The summed E-state index contributed by atoms with van der Waals surface area (Å²) in [7, 11) is 0. The van der Waals surface area contributed by atoms with Gasteiger partial charge in [-0.05, 0) is 38.2 Å². The van der Waals surface area contributed by atoms with E-state index in [1.54, 1.807) is 0 Å². The van der Waals surface area contributed by atoms with E-state index in [9.17, 15) is 0 Å². The molecule has 4 nitrogen and oxygen atoms in total. The molecular formula is C13H22N4. The van der Waals surface area contributed by atoms with Crippen LogP contribution in [0.3, 0.4) is 0 Å².